The van der Waals surface area contributed by atoms with Gasteiger partial charge in [0.2, 0.25) is 0 Å². The zero-order valence-corrected chi connectivity index (χ0v) is 11.8. The predicted octanol–water partition coefficient (Wildman–Crippen LogP) is 3.04. The molecule has 1 aliphatic carbocycles. The Hall–Kier alpha value is -2.00. The van der Waals surface area contributed by atoms with Crippen molar-refractivity contribution in [3.05, 3.63) is 59.2 Å². The number of methoxy groups -OCH3 is 2. The molecule has 2 aromatic carbocycles. The van der Waals surface area contributed by atoms with E-state index in [-0.39, 0.29) is 6.04 Å². The Kier molecular flexibility index (Phi) is 3.36. The van der Waals surface area contributed by atoms with Gasteiger partial charge in [-0.05, 0) is 35.2 Å². The van der Waals surface area contributed by atoms with Crippen LogP contribution in [0, 0.1) is 0 Å². The van der Waals surface area contributed by atoms with Crippen LogP contribution in [0.1, 0.15) is 28.7 Å². The van der Waals surface area contributed by atoms with Crippen LogP contribution in [0.3, 0.4) is 0 Å². The molecule has 0 bridgehead atoms. The van der Waals surface area contributed by atoms with Gasteiger partial charge in [0, 0.05) is 12.0 Å². The van der Waals surface area contributed by atoms with Crippen LogP contribution in [-0.2, 0) is 6.42 Å². The van der Waals surface area contributed by atoms with Gasteiger partial charge in [-0.15, -0.1) is 0 Å². The molecule has 2 N–H and O–H groups in total. The van der Waals surface area contributed by atoms with Crippen LogP contribution in [-0.4, -0.2) is 14.2 Å². The summed E-state index contributed by atoms with van der Waals surface area (Å²) in [6, 6.07) is 14.5. The second-order valence-electron chi connectivity index (χ2n) is 5.15. The molecule has 2 unspecified atom stereocenters. The summed E-state index contributed by atoms with van der Waals surface area (Å²) in [5.41, 5.74) is 10.1. The quantitative estimate of drug-likeness (QED) is 0.931. The molecule has 0 radical (unpaired) electrons. The van der Waals surface area contributed by atoms with Gasteiger partial charge in [0.25, 0.3) is 0 Å². The van der Waals surface area contributed by atoms with Crippen LogP contribution in [0.5, 0.6) is 11.5 Å². The van der Waals surface area contributed by atoms with E-state index in [9.17, 15) is 0 Å². The summed E-state index contributed by atoms with van der Waals surface area (Å²) < 4.78 is 10.7. The van der Waals surface area contributed by atoms with Gasteiger partial charge in [-0.25, -0.2) is 0 Å². The smallest absolute Gasteiger partial charge is 0.161 e. The Labute approximate surface area is 119 Å². The van der Waals surface area contributed by atoms with E-state index in [2.05, 4.69) is 30.3 Å². The van der Waals surface area contributed by atoms with Crippen molar-refractivity contribution >= 4 is 0 Å². The largest absolute Gasteiger partial charge is 0.493 e. The van der Waals surface area contributed by atoms with Crippen molar-refractivity contribution in [1.29, 1.82) is 0 Å². The summed E-state index contributed by atoms with van der Waals surface area (Å²) in [6.45, 7) is 0. The summed E-state index contributed by atoms with van der Waals surface area (Å²) in [4.78, 5) is 0. The second-order valence-corrected chi connectivity index (χ2v) is 5.15. The Bertz CT molecular complexity index is 610. The maximum Gasteiger partial charge on any atom is 0.161 e. The van der Waals surface area contributed by atoms with Crippen molar-refractivity contribution < 1.29 is 9.47 Å². The van der Waals surface area contributed by atoms with Crippen LogP contribution in [0.25, 0.3) is 0 Å². The van der Waals surface area contributed by atoms with E-state index in [1.165, 1.54) is 11.1 Å². The van der Waals surface area contributed by atoms with Crippen molar-refractivity contribution in [2.75, 3.05) is 14.2 Å². The van der Waals surface area contributed by atoms with Gasteiger partial charge in [-0.1, -0.05) is 30.3 Å². The Morgan fingerprint density at radius 1 is 1.00 bits per heavy atom. The molecule has 2 atom stereocenters. The number of nitrogens with two attached hydrogens (primary N) is 1. The van der Waals surface area contributed by atoms with E-state index in [1.807, 2.05) is 12.1 Å². The van der Waals surface area contributed by atoms with Crippen molar-refractivity contribution in [1.82, 2.24) is 0 Å². The molecule has 0 aromatic heterocycles. The highest BCUT2D eigenvalue weighted by Gasteiger charge is 2.32. The van der Waals surface area contributed by atoms with Gasteiger partial charge in [0.05, 0.1) is 14.2 Å². The minimum atomic E-state index is 0.00667. The fourth-order valence-corrected chi connectivity index (χ4v) is 3.03. The van der Waals surface area contributed by atoms with E-state index in [4.69, 9.17) is 15.2 Å². The Morgan fingerprint density at radius 2 is 1.65 bits per heavy atom. The molecule has 0 saturated carbocycles. The van der Waals surface area contributed by atoms with Crippen LogP contribution < -0.4 is 15.2 Å². The lowest BCUT2D eigenvalue weighted by molar-refractivity contribution is 0.354. The molecule has 0 fully saturated rings. The van der Waals surface area contributed by atoms with Gasteiger partial charge < -0.3 is 15.2 Å². The first-order chi connectivity index (χ1) is 9.74. The van der Waals surface area contributed by atoms with E-state index < -0.39 is 0 Å². The molecule has 0 heterocycles. The van der Waals surface area contributed by atoms with Crippen LogP contribution in [0.15, 0.2) is 42.5 Å². The highest BCUT2D eigenvalue weighted by molar-refractivity contribution is 5.52. The lowest BCUT2D eigenvalue weighted by Crippen LogP contribution is -2.15. The summed E-state index contributed by atoms with van der Waals surface area (Å²) in [7, 11) is 3.31. The van der Waals surface area contributed by atoms with Gasteiger partial charge in [-0.2, -0.15) is 0 Å². The third kappa shape index (κ3) is 2.04. The number of hydrogen-bond acceptors (Lipinski definition) is 3. The van der Waals surface area contributed by atoms with E-state index in [0.29, 0.717) is 5.92 Å². The minimum absolute atomic E-state index is 0.00667. The number of hydrogen-bond donors (Lipinski definition) is 1. The summed E-state index contributed by atoms with van der Waals surface area (Å²) >= 11 is 0. The maximum atomic E-state index is 6.44. The summed E-state index contributed by atoms with van der Waals surface area (Å²) in [6.07, 6.45) is 0.945. The Morgan fingerprint density at radius 3 is 2.30 bits per heavy atom. The lowest BCUT2D eigenvalue weighted by Gasteiger charge is -2.16. The van der Waals surface area contributed by atoms with Crippen molar-refractivity contribution in [3.63, 3.8) is 0 Å². The molecule has 3 heteroatoms. The predicted molar refractivity (Wildman–Crippen MR) is 79.4 cm³/mol. The first kappa shape index (κ1) is 13.0. The van der Waals surface area contributed by atoms with Gasteiger partial charge in [0.1, 0.15) is 0 Å². The van der Waals surface area contributed by atoms with E-state index in [1.54, 1.807) is 14.2 Å². The number of fused-ring (bicyclic) bond motifs is 1. The molecular weight excluding hydrogens is 250 g/mol. The normalized spacial score (nSPS) is 20.6. The van der Waals surface area contributed by atoms with E-state index >= 15 is 0 Å². The summed E-state index contributed by atoms with van der Waals surface area (Å²) in [5, 5.41) is 0. The zero-order valence-electron chi connectivity index (χ0n) is 11.8. The van der Waals surface area contributed by atoms with Crippen molar-refractivity contribution in [2.45, 2.75) is 18.4 Å². The summed E-state index contributed by atoms with van der Waals surface area (Å²) in [5.74, 6) is 1.84. The minimum Gasteiger partial charge on any atom is -0.493 e. The molecule has 0 aliphatic heterocycles. The monoisotopic (exact) mass is 269 g/mol. The van der Waals surface area contributed by atoms with Crippen molar-refractivity contribution in [3.8, 4) is 11.5 Å². The molecule has 20 heavy (non-hydrogen) atoms. The number of rotatable bonds is 3. The standard InChI is InChI=1S/C17H19NO2/c1-19-15-9-12-8-13(11-6-4-3-5-7-11)17(18)14(12)10-16(15)20-2/h3-7,9-10,13,17H,8,18H2,1-2H3. The highest BCUT2D eigenvalue weighted by Crippen LogP contribution is 2.44. The molecule has 0 saturated heterocycles. The fraction of sp³-hybridized carbons (Fsp3) is 0.294. The molecule has 3 nitrogen and oxygen atoms in total. The topological polar surface area (TPSA) is 44.5 Å². The van der Waals surface area contributed by atoms with Gasteiger partial charge in [0.15, 0.2) is 11.5 Å². The molecule has 0 spiro atoms. The van der Waals surface area contributed by atoms with Crippen LogP contribution >= 0.6 is 0 Å². The lowest BCUT2D eigenvalue weighted by atomic mass is 9.93. The molecule has 0 amide bonds. The molecular formula is C17H19NO2. The van der Waals surface area contributed by atoms with E-state index in [0.717, 1.165) is 23.5 Å². The molecule has 1 aliphatic rings. The first-order valence-electron chi connectivity index (χ1n) is 6.80. The number of benzene rings is 2. The second kappa shape index (κ2) is 5.17. The maximum absolute atomic E-state index is 6.44. The average Bonchev–Trinajstić information content (AvgIpc) is 2.83. The molecule has 3 rings (SSSR count). The zero-order chi connectivity index (χ0) is 14.1. The average molecular weight is 269 g/mol. The van der Waals surface area contributed by atoms with Crippen LogP contribution in [0.2, 0.25) is 0 Å². The number of ether oxygens (including phenoxy) is 2. The highest BCUT2D eigenvalue weighted by atomic mass is 16.5. The third-order valence-corrected chi connectivity index (χ3v) is 4.11. The van der Waals surface area contributed by atoms with Gasteiger partial charge in [-0.3, -0.25) is 0 Å². The Balaban J connectivity index is 2.00. The molecule has 2 aromatic rings. The van der Waals surface area contributed by atoms with Crippen LogP contribution in [0.4, 0.5) is 0 Å². The first-order valence-corrected chi connectivity index (χ1v) is 6.80. The van der Waals surface area contributed by atoms with Crippen molar-refractivity contribution in [2.24, 2.45) is 5.73 Å². The van der Waals surface area contributed by atoms with Gasteiger partial charge >= 0.3 is 0 Å². The fourth-order valence-electron chi connectivity index (χ4n) is 3.03. The third-order valence-electron chi connectivity index (χ3n) is 4.11. The SMILES string of the molecule is COc1cc2c(cc1OC)C(N)C(c1ccccc1)C2. The molecule has 104 valence electrons.